The van der Waals surface area contributed by atoms with E-state index >= 15 is 0 Å². The third kappa shape index (κ3) is 1.24. The molecule has 0 N–H and O–H groups in total. The highest BCUT2D eigenvalue weighted by Gasteiger charge is 2.81. The highest BCUT2D eigenvalue weighted by molar-refractivity contribution is 9.09. The Morgan fingerprint density at radius 2 is 2.14 bits per heavy atom. The van der Waals surface area contributed by atoms with Crippen molar-refractivity contribution in [3.05, 3.63) is 12.2 Å². The molecule has 0 radical (unpaired) electrons. The van der Waals surface area contributed by atoms with E-state index in [0.29, 0.717) is 61.1 Å². The number of carbonyl (C=O) groups is 2. The molecule has 118 valence electrons. The fraction of sp³-hybridized carbons (Fsp3) is 0.765. The van der Waals surface area contributed by atoms with Crippen molar-refractivity contribution in [2.45, 2.75) is 6.42 Å². The molecule has 5 rings (SSSR count). The molecule has 1 saturated heterocycles. The number of allylic oxidation sites excluding steroid dienone is 1. The van der Waals surface area contributed by atoms with Crippen LogP contribution in [0.15, 0.2) is 12.2 Å². The topological polar surface area (TPSA) is 46.6 Å². The number of alkyl halides is 1. The van der Waals surface area contributed by atoms with Gasteiger partial charge in [-0.1, -0.05) is 28.1 Å². The van der Waals surface area contributed by atoms with Gasteiger partial charge in [0.05, 0.1) is 24.5 Å². The Balaban J connectivity index is 1.57. The lowest BCUT2D eigenvalue weighted by Crippen LogP contribution is -2.53. The van der Waals surface area contributed by atoms with Crippen molar-refractivity contribution in [2.75, 3.05) is 31.6 Å². The third-order valence-corrected chi connectivity index (χ3v) is 8.20. The summed E-state index contributed by atoms with van der Waals surface area (Å²) in [6, 6.07) is 0. The average Bonchev–Trinajstić information content (AvgIpc) is 3.06. The number of halogens is 1. The van der Waals surface area contributed by atoms with Crippen LogP contribution in [0.3, 0.4) is 0 Å². The van der Waals surface area contributed by atoms with Crippen molar-refractivity contribution in [2.24, 2.45) is 40.9 Å². The maximum absolute atomic E-state index is 13.2. The molecule has 2 bridgehead atoms. The van der Waals surface area contributed by atoms with Gasteiger partial charge in [0, 0.05) is 24.3 Å². The molecule has 5 heteroatoms. The molecular formula is C17H20BrNO3. The number of morpholine rings is 1. The number of carbonyl (C=O) groups excluding carboxylic acids is 2. The van der Waals surface area contributed by atoms with Gasteiger partial charge in [-0.05, 0) is 30.1 Å². The van der Waals surface area contributed by atoms with Gasteiger partial charge in [0.2, 0.25) is 5.91 Å². The predicted molar refractivity (Wildman–Crippen MR) is 83.3 cm³/mol. The first-order valence-corrected chi connectivity index (χ1v) is 9.40. The molecule has 7 atom stereocenters. The molecule has 4 saturated carbocycles. The van der Waals surface area contributed by atoms with E-state index in [9.17, 15) is 9.59 Å². The zero-order valence-electron chi connectivity index (χ0n) is 12.5. The SMILES string of the molecule is C=C1[C@@H]2C(=O)[C@]3(CBr)[C@@H]4C[C@@H]([C@H]1[C@H]24)[C@@H]3C(=O)N1CCOCC1. The Morgan fingerprint density at radius 1 is 1.41 bits per heavy atom. The van der Waals surface area contributed by atoms with Crippen LogP contribution in [0.2, 0.25) is 0 Å². The molecule has 0 aromatic carbocycles. The number of hydrogen-bond donors (Lipinski definition) is 0. The van der Waals surface area contributed by atoms with Gasteiger partial charge < -0.3 is 9.64 Å². The highest BCUT2D eigenvalue weighted by atomic mass is 79.9. The summed E-state index contributed by atoms with van der Waals surface area (Å²) in [5.74, 6) is 2.11. The Hall–Kier alpha value is -0.680. The van der Waals surface area contributed by atoms with Crippen LogP contribution >= 0.6 is 15.9 Å². The molecule has 1 aliphatic heterocycles. The average molecular weight is 366 g/mol. The Morgan fingerprint density at radius 3 is 2.82 bits per heavy atom. The summed E-state index contributed by atoms with van der Waals surface area (Å²) in [5.41, 5.74) is 0.674. The first-order valence-electron chi connectivity index (χ1n) is 8.28. The minimum atomic E-state index is -0.453. The standard InChI is InChI=1S/C17H20BrNO3/c1-8-11-9-6-10-13(11)12(8)15(20)17(10,7-18)14(9)16(21)19-2-4-22-5-3-19/h9-14H,1-7H2/t9-,10+,11-,12-,13+,14+,17+/m0/s1. The van der Waals surface area contributed by atoms with E-state index in [2.05, 4.69) is 22.5 Å². The number of ketones is 1. The molecule has 0 aromatic rings. The van der Waals surface area contributed by atoms with Crippen molar-refractivity contribution in [3.8, 4) is 0 Å². The Labute approximate surface area is 138 Å². The van der Waals surface area contributed by atoms with Crippen molar-refractivity contribution >= 4 is 27.6 Å². The summed E-state index contributed by atoms with van der Waals surface area (Å²) in [5, 5.41) is 0.633. The number of fused-ring (bicyclic) bond motifs is 2. The number of ether oxygens (including phenoxy) is 1. The first kappa shape index (κ1) is 13.7. The number of amides is 1. The normalized spacial score (nSPS) is 51.4. The second-order valence-electron chi connectivity index (χ2n) is 7.62. The van der Waals surface area contributed by atoms with Crippen molar-refractivity contribution in [1.82, 2.24) is 4.90 Å². The molecule has 0 spiro atoms. The third-order valence-electron chi connectivity index (χ3n) is 7.28. The molecule has 1 heterocycles. The van der Waals surface area contributed by atoms with Crippen LogP contribution in [0, 0.1) is 40.9 Å². The molecule has 4 nitrogen and oxygen atoms in total. The molecule has 0 unspecified atom stereocenters. The summed E-state index contributed by atoms with van der Waals surface area (Å²) >= 11 is 3.62. The maximum atomic E-state index is 13.2. The van der Waals surface area contributed by atoms with Gasteiger partial charge in [-0.2, -0.15) is 0 Å². The molecule has 1 amide bonds. The second kappa shape index (κ2) is 4.23. The van der Waals surface area contributed by atoms with E-state index in [1.807, 2.05) is 4.90 Å². The van der Waals surface area contributed by atoms with E-state index in [0.717, 1.165) is 12.0 Å². The summed E-state index contributed by atoms with van der Waals surface area (Å²) in [6.45, 7) is 6.76. The summed E-state index contributed by atoms with van der Waals surface area (Å²) in [7, 11) is 0. The Bertz CT molecular complexity index is 599. The summed E-state index contributed by atoms with van der Waals surface area (Å²) in [4.78, 5) is 28.3. The van der Waals surface area contributed by atoms with Crippen LogP contribution < -0.4 is 0 Å². The molecule has 4 aliphatic carbocycles. The first-order chi connectivity index (χ1) is 10.6. The van der Waals surface area contributed by atoms with Gasteiger partial charge in [0.1, 0.15) is 5.78 Å². The Kier molecular flexibility index (Phi) is 2.64. The zero-order chi connectivity index (χ0) is 15.2. The van der Waals surface area contributed by atoms with Crippen LogP contribution in [0.5, 0.6) is 0 Å². The maximum Gasteiger partial charge on any atom is 0.227 e. The quantitative estimate of drug-likeness (QED) is 0.550. The predicted octanol–water partition coefficient (Wildman–Crippen LogP) is 1.49. The van der Waals surface area contributed by atoms with Gasteiger partial charge in [-0.3, -0.25) is 9.59 Å². The van der Waals surface area contributed by atoms with Gasteiger partial charge in [0.25, 0.3) is 0 Å². The van der Waals surface area contributed by atoms with Crippen LogP contribution in [0.25, 0.3) is 0 Å². The molecule has 0 aromatic heterocycles. The second-order valence-corrected chi connectivity index (χ2v) is 8.18. The summed E-state index contributed by atoms with van der Waals surface area (Å²) < 4.78 is 5.37. The minimum absolute atomic E-state index is 0.0556. The van der Waals surface area contributed by atoms with E-state index in [1.54, 1.807) is 0 Å². The van der Waals surface area contributed by atoms with Crippen LogP contribution in [-0.2, 0) is 14.3 Å². The van der Waals surface area contributed by atoms with E-state index < -0.39 is 5.41 Å². The zero-order valence-corrected chi connectivity index (χ0v) is 14.0. The largest absolute Gasteiger partial charge is 0.378 e. The lowest BCUT2D eigenvalue weighted by molar-refractivity contribution is -0.150. The van der Waals surface area contributed by atoms with E-state index in [-0.39, 0.29) is 17.7 Å². The van der Waals surface area contributed by atoms with Gasteiger partial charge in [0.15, 0.2) is 0 Å². The number of rotatable bonds is 2. The smallest absolute Gasteiger partial charge is 0.227 e. The lowest BCUT2D eigenvalue weighted by atomic mass is 9.57. The molecular weight excluding hydrogens is 346 g/mol. The lowest BCUT2D eigenvalue weighted by Gasteiger charge is -2.47. The monoisotopic (exact) mass is 365 g/mol. The van der Waals surface area contributed by atoms with Gasteiger partial charge in [-0.15, -0.1) is 0 Å². The van der Waals surface area contributed by atoms with E-state index in [1.165, 1.54) is 0 Å². The highest BCUT2D eigenvalue weighted by Crippen LogP contribution is 2.79. The molecule has 5 fully saturated rings. The molecule has 5 aliphatic rings. The fourth-order valence-electron chi connectivity index (χ4n) is 6.54. The fourth-order valence-corrected chi connectivity index (χ4v) is 7.58. The van der Waals surface area contributed by atoms with Crippen molar-refractivity contribution in [1.29, 1.82) is 0 Å². The number of nitrogens with zero attached hydrogens (tertiary/aromatic N) is 1. The summed E-state index contributed by atoms with van der Waals surface area (Å²) in [6.07, 6.45) is 1.04. The minimum Gasteiger partial charge on any atom is -0.378 e. The van der Waals surface area contributed by atoms with Crippen LogP contribution in [0.4, 0.5) is 0 Å². The van der Waals surface area contributed by atoms with Crippen LogP contribution in [0.1, 0.15) is 6.42 Å². The van der Waals surface area contributed by atoms with E-state index in [4.69, 9.17) is 4.74 Å². The number of hydrogen-bond acceptors (Lipinski definition) is 3. The van der Waals surface area contributed by atoms with Crippen LogP contribution in [-0.4, -0.2) is 48.2 Å². The number of Topliss-reactive ketones (excluding diaryl/α,β-unsaturated/α-hetero) is 1. The van der Waals surface area contributed by atoms with Gasteiger partial charge >= 0.3 is 0 Å². The van der Waals surface area contributed by atoms with Crippen molar-refractivity contribution in [3.63, 3.8) is 0 Å². The van der Waals surface area contributed by atoms with Gasteiger partial charge in [-0.25, -0.2) is 0 Å². The molecule has 22 heavy (non-hydrogen) atoms. The van der Waals surface area contributed by atoms with Crippen molar-refractivity contribution < 1.29 is 14.3 Å².